The van der Waals surface area contributed by atoms with Gasteiger partial charge in [-0.3, -0.25) is 0 Å². The lowest BCUT2D eigenvalue weighted by Gasteiger charge is -2.42. The van der Waals surface area contributed by atoms with Gasteiger partial charge in [-0.05, 0) is 50.3 Å². The van der Waals surface area contributed by atoms with E-state index >= 15 is 0 Å². The number of nitrogens with one attached hydrogen (secondary N) is 1. The highest BCUT2D eigenvalue weighted by Gasteiger charge is 2.48. The van der Waals surface area contributed by atoms with Crippen LogP contribution in [0.25, 0.3) is 11.0 Å². The SMILES string of the molecule is Cc1ccc(S(=O)(=O)n2ccc3c(N(C)C4CC(NS(=O)(=O)[C@@H]5C[C@@H]5CC#N)C4)ncnc32)cc1. The molecule has 5 rings (SSSR count). The van der Waals surface area contributed by atoms with E-state index in [2.05, 4.69) is 14.7 Å². The Hall–Kier alpha value is -3.01. The van der Waals surface area contributed by atoms with Gasteiger partial charge in [-0.25, -0.2) is 35.5 Å². The van der Waals surface area contributed by atoms with Crippen molar-refractivity contribution in [3.05, 3.63) is 48.4 Å². The summed E-state index contributed by atoms with van der Waals surface area (Å²) < 4.78 is 55.4. The fourth-order valence-electron chi connectivity index (χ4n) is 4.64. The van der Waals surface area contributed by atoms with Crippen molar-refractivity contribution in [2.75, 3.05) is 11.9 Å². The number of aryl methyl sites for hydroxylation is 1. The third-order valence-corrected chi connectivity index (χ3v) is 10.7. The molecule has 0 spiro atoms. The lowest BCUT2D eigenvalue weighted by atomic mass is 9.86. The monoisotopic (exact) mass is 514 g/mol. The second kappa shape index (κ2) is 8.58. The summed E-state index contributed by atoms with van der Waals surface area (Å²) in [6.45, 7) is 1.89. The quantitative estimate of drug-likeness (QED) is 0.483. The second-order valence-corrected chi connectivity index (χ2v) is 13.1. The third-order valence-electron chi connectivity index (χ3n) is 6.94. The third kappa shape index (κ3) is 4.28. The fraction of sp³-hybridized carbons (Fsp3) is 0.435. The molecular formula is C23H26N6O4S2. The van der Waals surface area contributed by atoms with Gasteiger partial charge in [-0.15, -0.1) is 0 Å². The van der Waals surface area contributed by atoms with E-state index in [1.807, 2.05) is 24.9 Å². The molecule has 12 heteroatoms. The average Bonchev–Trinajstić information content (AvgIpc) is 3.44. The molecule has 0 unspecified atom stereocenters. The van der Waals surface area contributed by atoms with Crippen LogP contribution in [0.2, 0.25) is 0 Å². The number of fused-ring (bicyclic) bond motifs is 1. The van der Waals surface area contributed by atoms with Crippen molar-refractivity contribution in [3.8, 4) is 6.07 Å². The van der Waals surface area contributed by atoms with Crippen LogP contribution in [0.4, 0.5) is 5.82 Å². The Bertz CT molecular complexity index is 1520. The van der Waals surface area contributed by atoms with Gasteiger partial charge in [0.1, 0.15) is 12.1 Å². The summed E-state index contributed by atoms with van der Waals surface area (Å²) in [7, 11) is -5.38. The normalized spacial score (nSPS) is 24.0. The number of aromatic nitrogens is 3. The maximum atomic E-state index is 13.2. The van der Waals surface area contributed by atoms with Crippen molar-refractivity contribution in [1.82, 2.24) is 18.7 Å². The van der Waals surface area contributed by atoms with E-state index in [1.165, 1.54) is 12.5 Å². The predicted molar refractivity (Wildman–Crippen MR) is 131 cm³/mol. The van der Waals surface area contributed by atoms with Gasteiger partial charge in [0.2, 0.25) is 10.0 Å². The van der Waals surface area contributed by atoms with Crippen molar-refractivity contribution in [1.29, 1.82) is 5.26 Å². The van der Waals surface area contributed by atoms with E-state index in [4.69, 9.17) is 5.26 Å². The molecule has 1 aromatic carbocycles. The van der Waals surface area contributed by atoms with Gasteiger partial charge in [-0.2, -0.15) is 5.26 Å². The fourth-order valence-corrected chi connectivity index (χ4v) is 7.88. The largest absolute Gasteiger partial charge is 0.356 e. The Kier molecular flexibility index (Phi) is 5.82. The van der Waals surface area contributed by atoms with E-state index in [0.717, 1.165) is 9.54 Å². The molecule has 1 N–H and O–H groups in total. The summed E-state index contributed by atoms with van der Waals surface area (Å²) in [5, 5.41) is 8.92. The number of hydrogen-bond acceptors (Lipinski definition) is 8. The molecule has 2 heterocycles. The Morgan fingerprint density at radius 3 is 2.51 bits per heavy atom. The second-order valence-electron chi connectivity index (χ2n) is 9.36. The first-order valence-corrected chi connectivity index (χ1v) is 14.4. The van der Waals surface area contributed by atoms with Gasteiger partial charge < -0.3 is 4.90 Å². The van der Waals surface area contributed by atoms with E-state index in [1.54, 1.807) is 30.3 Å². The molecule has 10 nitrogen and oxygen atoms in total. The Balaban J connectivity index is 1.31. The molecule has 3 aromatic rings. The maximum Gasteiger partial charge on any atom is 0.269 e. The van der Waals surface area contributed by atoms with Crippen molar-refractivity contribution < 1.29 is 16.8 Å². The van der Waals surface area contributed by atoms with Gasteiger partial charge in [0.05, 0.1) is 21.6 Å². The summed E-state index contributed by atoms with van der Waals surface area (Å²) in [4.78, 5) is 10.8. The molecule has 184 valence electrons. The Morgan fingerprint density at radius 1 is 1.11 bits per heavy atom. The summed E-state index contributed by atoms with van der Waals surface area (Å²) in [5.41, 5.74) is 1.25. The molecule has 0 aliphatic heterocycles. The molecule has 2 saturated carbocycles. The number of nitriles is 1. The molecule has 2 fully saturated rings. The van der Waals surface area contributed by atoms with Crippen LogP contribution in [-0.4, -0.2) is 55.2 Å². The van der Waals surface area contributed by atoms with E-state index in [0.29, 0.717) is 30.5 Å². The van der Waals surface area contributed by atoms with Crippen molar-refractivity contribution >= 4 is 36.9 Å². The number of anilines is 1. The van der Waals surface area contributed by atoms with Crippen LogP contribution in [0.1, 0.15) is 31.2 Å². The first-order chi connectivity index (χ1) is 16.6. The number of hydrogen-bond donors (Lipinski definition) is 1. The van der Waals surface area contributed by atoms with Crippen LogP contribution < -0.4 is 9.62 Å². The number of rotatable bonds is 8. The standard InChI is InChI=1S/C23H26N6O4S2/c1-15-3-5-19(6-4-15)35(32,33)29-10-8-20-22(25-14-26-23(20)29)28(2)18-12-17(13-18)27-34(30,31)21-11-16(21)7-9-24/h3-6,8,10,14,16-18,21,27H,7,11-13H2,1-2H3/t16-,17?,18?,21+/m0/s1. The summed E-state index contributed by atoms with van der Waals surface area (Å²) in [6, 6.07) is 10.3. The first kappa shape index (κ1) is 23.7. The van der Waals surface area contributed by atoms with Crippen LogP contribution in [0.3, 0.4) is 0 Å². The van der Waals surface area contributed by atoms with Crippen LogP contribution in [0.15, 0.2) is 47.8 Å². The predicted octanol–water partition coefficient (Wildman–Crippen LogP) is 2.17. The average molecular weight is 515 g/mol. The number of nitrogens with zero attached hydrogens (tertiary/aromatic N) is 5. The lowest BCUT2D eigenvalue weighted by molar-refractivity contribution is 0.316. The van der Waals surface area contributed by atoms with Gasteiger partial charge in [0, 0.05) is 31.7 Å². The number of sulfonamides is 1. The highest BCUT2D eigenvalue weighted by atomic mass is 32.2. The first-order valence-electron chi connectivity index (χ1n) is 11.4. The topological polar surface area (TPSA) is 138 Å². The van der Waals surface area contributed by atoms with E-state index in [9.17, 15) is 16.8 Å². The Labute approximate surface area is 204 Å². The lowest BCUT2D eigenvalue weighted by Crippen LogP contribution is -2.53. The highest BCUT2D eigenvalue weighted by molar-refractivity contribution is 7.90. The summed E-state index contributed by atoms with van der Waals surface area (Å²) in [5.74, 6) is 0.529. The van der Waals surface area contributed by atoms with Crippen LogP contribution in [0, 0.1) is 24.2 Å². The zero-order chi connectivity index (χ0) is 25.0. The summed E-state index contributed by atoms with van der Waals surface area (Å²) >= 11 is 0. The van der Waals surface area contributed by atoms with E-state index < -0.39 is 25.3 Å². The molecule has 35 heavy (non-hydrogen) atoms. The van der Waals surface area contributed by atoms with Crippen LogP contribution >= 0.6 is 0 Å². The molecule has 0 amide bonds. The van der Waals surface area contributed by atoms with Crippen LogP contribution in [-0.2, 0) is 20.0 Å². The van der Waals surface area contributed by atoms with Crippen molar-refractivity contribution in [2.45, 2.75) is 54.8 Å². The van der Waals surface area contributed by atoms with Gasteiger partial charge in [0.15, 0.2) is 5.65 Å². The van der Waals surface area contributed by atoms with E-state index in [-0.39, 0.29) is 35.0 Å². The van der Waals surface area contributed by atoms with Crippen molar-refractivity contribution in [3.63, 3.8) is 0 Å². The minimum atomic E-state index is -3.82. The molecule has 2 atom stereocenters. The minimum absolute atomic E-state index is 0.0481. The van der Waals surface area contributed by atoms with Gasteiger partial charge >= 0.3 is 0 Å². The molecule has 2 aromatic heterocycles. The zero-order valence-electron chi connectivity index (χ0n) is 19.4. The molecule has 2 aliphatic carbocycles. The highest BCUT2D eigenvalue weighted by Crippen LogP contribution is 2.40. The van der Waals surface area contributed by atoms with Gasteiger partial charge in [-0.1, -0.05) is 17.7 Å². The van der Waals surface area contributed by atoms with Crippen LogP contribution in [0.5, 0.6) is 0 Å². The molecular weight excluding hydrogens is 488 g/mol. The minimum Gasteiger partial charge on any atom is -0.356 e. The Morgan fingerprint density at radius 2 is 1.83 bits per heavy atom. The summed E-state index contributed by atoms with van der Waals surface area (Å²) in [6.07, 6.45) is 4.86. The maximum absolute atomic E-state index is 13.2. The van der Waals surface area contributed by atoms with Gasteiger partial charge in [0.25, 0.3) is 10.0 Å². The smallest absolute Gasteiger partial charge is 0.269 e. The van der Waals surface area contributed by atoms with Crippen molar-refractivity contribution in [2.24, 2.45) is 5.92 Å². The molecule has 2 aliphatic rings. The molecule has 0 saturated heterocycles. The molecule has 0 radical (unpaired) electrons. The number of benzene rings is 1. The molecule has 0 bridgehead atoms. The zero-order valence-corrected chi connectivity index (χ0v) is 21.0.